The maximum absolute atomic E-state index is 5.47. The molecule has 0 aromatic heterocycles. The van der Waals surface area contributed by atoms with Gasteiger partial charge in [-0.1, -0.05) is 12.8 Å². The topological polar surface area (TPSA) is 30.5 Å². The van der Waals surface area contributed by atoms with Crippen molar-refractivity contribution >= 4 is 0 Å². The van der Waals surface area contributed by atoms with Crippen molar-refractivity contribution in [3.63, 3.8) is 0 Å². The zero-order valence-corrected chi connectivity index (χ0v) is 8.29. The Morgan fingerprint density at radius 1 is 1.23 bits per heavy atom. The predicted octanol–water partition coefficient (Wildman–Crippen LogP) is 0.932. The minimum Gasteiger partial charge on any atom is -0.380 e. The summed E-state index contributed by atoms with van der Waals surface area (Å²) in [6.45, 7) is 1.76. The summed E-state index contributed by atoms with van der Waals surface area (Å²) < 4.78 is 10.6. The molecule has 76 valence electrons. The van der Waals surface area contributed by atoms with Crippen LogP contribution in [0.1, 0.15) is 25.7 Å². The largest absolute Gasteiger partial charge is 0.380 e. The lowest BCUT2D eigenvalue weighted by Crippen LogP contribution is -2.55. The van der Waals surface area contributed by atoms with Crippen molar-refractivity contribution in [2.45, 2.75) is 43.9 Å². The molecule has 0 aromatic carbocycles. The van der Waals surface area contributed by atoms with Gasteiger partial charge in [0, 0.05) is 13.2 Å². The molecule has 3 nitrogen and oxygen atoms in total. The van der Waals surface area contributed by atoms with Gasteiger partial charge in [-0.2, -0.15) is 0 Å². The first-order valence-corrected chi connectivity index (χ1v) is 5.26. The smallest absolute Gasteiger partial charge is 0.0724 e. The van der Waals surface area contributed by atoms with Crippen LogP contribution in [0.2, 0.25) is 0 Å². The first kappa shape index (κ1) is 9.44. The van der Waals surface area contributed by atoms with E-state index in [-0.39, 0.29) is 0 Å². The van der Waals surface area contributed by atoms with Gasteiger partial charge in [-0.3, -0.25) is 0 Å². The fourth-order valence-electron chi connectivity index (χ4n) is 2.20. The molecule has 0 amide bonds. The van der Waals surface area contributed by atoms with Crippen molar-refractivity contribution in [3.05, 3.63) is 0 Å². The van der Waals surface area contributed by atoms with E-state index in [9.17, 15) is 0 Å². The van der Waals surface area contributed by atoms with Gasteiger partial charge in [0.25, 0.3) is 0 Å². The normalized spacial score (nSPS) is 35.8. The minimum atomic E-state index is 0.425. The van der Waals surface area contributed by atoms with E-state index in [1.165, 1.54) is 25.7 Å². The van der Waals surface area contributed by atoms with Gasteiger partial charge in [0.1, 0.15) is 0 Å². The first-order chi connectivity index (χ1) is 6.40. The SMILES string of the molecule is CO[C@@H]1CCCC[C@H]1NC1COC1. The van der Waals surface area contributed by atoms with Crippen LogP contribution >= 0.6 is 0 Å². The number of hydrogen-bond donors (Lipinski definition) is 1. The van der Waals surface area contributed by atoms with Crippen LogP contribution in [0.3, 0.4) is 0 Å². The number of methoxy groups -OCH3 is 1. The molecule has 0 unspecified atom stereocenters. The van der Waals surface area contributed by atoms with Crippen LogP contribution in [0, 0.1) is 0 Å². The maximum atomic E-state index is 5.47. The summed E-state index contributed by atoms with van der Waals surface area (Å²) in [6, 6.07) is 1.15. The molecule has 2 rings (SSSR count). The van der Waals surface area contributed by atoms with E-state index in [2.05, 4.69) is 5.32 Å². The van der Waals surface area contributed by atoms with Crippen LogP contribution < -0.4 is 5.32 Å². The Bertz CT molecular complexity index is 159. The fraction of sp³-hybridized carbons (Fsp3) is 1.00. The maximum Gasteiger partial charge on any atom is 0.0724 e. The van der Waals surface area contributed by atoms with Crippen LogP contribution in [0.4, 0.5) is 0 Å². The molecule has 2 fully saturated rings. The summed E-state index contributed by atoms with van der Waals surface area (Å²) in [6.07, 6.45) is 5.55. The second kappa shape index (κ2) is 4.40. The van der Waals surface area contributed by atoms with Gasteiger partial charge in [0.2, 0.25) is 0 Å². The van der Waals surface area contributed by atoms with Crippen LogP contribution in [0.5, 0.6) is 0 Å². The monoisotopic (exact) mass is 185 g/mol. The van der Waals surface area contributed by atoms with E-state index in [4.69, 9.17) is 9.47 Å². The van der Waals surface area contributed by atoms with E-state index in [1.54, 1.807) is 0 Å². The molecular formula is C10H19NO2. The summed E-state index contributed by atoms with van der Waals surface area (Å²) >= 11 is 0. The van der Waals surface area contributed by atoms with Crippen molar-refractivity contribution in [1.82, 2.24) is 5.32 Å². The number of hydrogen-bond acceptors (Lipinski definition) is 3. The van der Waals surface area contributed by atoms with Gasteiger partial charge in [-0.05, 0) is 12.8 Å². The molecule has 2 atom stereocenters. The highest BCUT2D eigenvalue weighted by molar-refractivity contribution is 4.86. The van der Waals surface area contributed by atoms with Crippen molar-refractivity contribution in [2.75, 3.05) is 20.3 Å². The van der Waals surface area contributed by atoms with Crippen LogP contribution in [-0.2, 0) is 9.47 Å². The molecule has 1 saturated carbocycles. The Balaban J connectivity index is 1.79. The first-order valence-electron chi connectivity index (χ1n) is 5.26. The van der Waals surface area contributed by atoms with Crippen molar-refractivity contribution in [3.8, 4) is 0 Å². The molecule has 1 saturated heterocycles. The highest BCUT2D eigenvalue weighted by Gasteiger charge is 2.29. The summed E-state index contributed by atoms with van der Waals surface area (Å²) in [4.78, 5) is 0. The van der Waals surface area contributed by atoms with E-state index in [1.807, 2.05) is 7.11 Å². The standard InChI is InChI=1S/C10H19NO2/c1-12-10-5-3-2-4-9(10)11-8-6-13-7-8/h8-11H,2-7H2,1H3/t9-,10-/m1/s1. The van der Waals surface area contributed by atoms with Crippen molar-refractivity contribution in [2.24, 2.45) is 0 Å². The lowest BCUT2D eigenvalue weighted by molar-refractivity contribution is -0.0313. The van der Waals surface area contributed by atoms with E-state index in [0.29, 0.717) is 18.2 Å². The zero-order valence-electron chi connectivity index (χ0n) is 8.29. The third-order valence-electron chi connectivity index (χ3n) is 3.09. The highest BCUT2D eigenvalue weighted by Crippen LogP contribution is 2.21. The van der Waals surface area contributed by atoms with Crippen LogP contribution in [0.25, 0.3) is 0 Å². The molecule has 1 heterocycles. The second-order valence-corrected chi connectivity index (χ2v) is 4.07. The Labute approximate surface area is 79.8 Å². The molecule has 1 aliphatic carbocycles. The Kier molecular flexibility index (Phi) is 3.19. The molecule has 13 heavy (non-hydrogen) atoms. The molecule has 2 aliphatic rings. The number of rotatable bonds is 3. The van der Waals surface area contributed by atoms with E-state index in [0.717, 1.165) is 13.2 Å². The molecule has 3 heteroatoms. The van der Waals surface area contributed by atoms with E-state index >= 15 is 0 Å². The molecular weight excluding hydrogens is 166 g/mol. The quantitative estimate of drug-likeness (QED) is 0.709. The van der Waals surface area contributed by atoms with Crippen molar-refractivity contribution < 1.29 is 9.47 Å². The van der Waals surface area contributed by atoms with Gasteiger partial charge >= 0.3 is 0 Å². The summed E-state index contributed by atoms with van der Waals surface area (Å²) in [7, 11) is 1.82. The third kappa shape index (κ3) is 2.22. The molecule has 1 N–H and O–H groups in total. The van der Waals surface area contributed by atoms with Gasteiger partial charge in [0.05, 0.1) is 25.4 Å². The Hall–Kier alpha value is -0.120. The Morgan fingerprint density at radius 3 is 2.62 bits per heavy atom. The summed E-state index contributed by atoms with van der Waals surface area (Å²) in [5.74, 6) is 0. The lowest BCUT2D eigenvalue weighted by Gasteiger charge is -2.37. The zero-order chi connectivity index (χ0) is 9.10. The molecule has 0 radical (unpaired) electrons. The molecule has 0 spiro atoms. The fourth-order valence-corrected chi connectivity index (χ4v) is 2.20. The van der Waals surface area contributed by atoms with Crippen LogP contribution in [0.15, 0.2) is 0 Å². The van der Waals surface area contributed by atoms with Crippen LogP contribution in [-0.4, -0.2) is 38.5 Å². The lowest BCUT2D eigenvalue weighted by atomic mass is 9.91. The predicted molar refractivity (Wildman–Crippen MR) is 50.8 cm³/mol. The molecule has 1 aliphatic heterocycles. The average molecular weight is 185 g/mol. The molecule has 0 aromatic rings. The summed E-state index contributed by atoms with van der Waals surface area (Å²) in [5.41, 5.74) is 0. The van der Waals surface area contributed by atoms with Gasteiger partial charge < -0.3 is 14.8 Å². The Morgan fingerprint density at radius 2 is 2.00 bits per heavy atom. The van der Waals surface area contributed by atoms with E-state index < -0.39 is 0 Å². The van der Waals surface area contributed by atoms with Crippen molar-refractivity contribution in [1.29, 1.82) is 0 Å². The second-order valence-electron chi connectivity index (χ2n) is 4.07. The number of nitrogens with one attached hydrogen (secondary N) is 1. The van der Waals surface area contributed by atoms with Gasteiger partial charge in [0.15, 0.2) is 0 Å². The van der Waals surface area contributed by atoms with Gasteiger partial charge in [-0.15, -0.1) is 0 Å². The highest BCUT2D eigenvalue weighted by atomic mass is 16.5. The van der Waals surface area contributed by atoms with Gasteiger partial charge in [-0.25, -0.2) is 0 Å². The summed E-state index contributed by atoms with van der Waals surface area (Å²) in [5, 5.41) is 3.61. The molecule has 0 bridgehead atoms. The third-order valence-corrected chi connectivity index (χ3v) is 3.09. The minimum absolute atomic E-state index is 0.425. The average Bonchev–Trinajstić information content (AvgIpc) is 2.12. The number of ether oxygens (including phenoxy) is 2.